The fourth-order valence-electron chi connectivity index (χ4n) is 3.37. The van der Waals surface area contributed by atoms with E-state index in [0.717, 1.165) is 57.8 Å². The Kier molecular flexibility index (Phi) is 4.59. The van der Waals surface area contributed by atoms with E-state index in [9.17, 15) is 13.2 Å². The molecule has 0 aromatic heterocycles. The van der Waals surface area contributed by atoms with Crippen LogP contribution in [0.15, 0.2) is 18.2 Å². The van der Waals surface area contributed by atoms with Crippen LogP contribution in [0.4, 0.5) is 18.9 Å². The van der Waals surface area contributed by atoms with Crippen molar-refractivity contribution in [3.63, 3.8) is 0 Å². The number of likely N-dealkylation sites (tertiary alicyclic amines) is 1. The van der Waals surface area contributed by atoms with E-state index in [1.54, 1.807) is 0 Å². The van der Waals surface area contributed by atoms with Gasteiger partial charge in [0.1, 0.15) is 0 Å². The molecule has 2 heterocycles. The van der Waals surface area contributed by atoms with Gasteiger partial charge in [-0.25, -0.2) is 0 Å². The van der Waals surface area contributed by atoms with Gasteiger partial charge >= 0.3 is 6.18 Å². The average Bonchev–Trinajstić information content (AvgIpc) is 3.00. The van der Waals surface area contributed by atoms with Gasteiger partial charge in [-0.1, -0.05) is 6.07 Å². The molecule has 22 heavy (non-hydrogen) atoms. The highest BCUT2D eigenvalue weighted by atomic mass is 19.4. The van der Waals surface area contributed by atoms with Crippen molar-refractivity contribution < 1.29 is 13.2 Å². The zero-order valence-corrected chi connectivity index (χ0v) is 12.6. The molecule has 6 heteroatoms. The molecule has 0 radical (unpaired) electrons. The molecule has 0 amide bonds. The predicted molar refractivity (Wildman–Crippen MR) is 81.0 cm³/mol. The fraction of sp³-hybridized carbons (Fsp3) is 0.625. The number of hydrogen-bond donors (Lipinski definition) is 1. The molecule has 2 fully saturated rings. The Bertz CT molecular complexity index is 504. The van der Waals surface area contributed by atoms with Crippen LogP contribution in [-0.4, -0.2) is 44.2 Å². The minimum Gasteiger partial charge on any atom is -0.369 e. The van der Waals surface area contributed by atoms with E-state index >= 15 is 0 Å². The first-order valence-corrected chi connectivity index (χ1v) is 7.93. The zero-order chi connectivity index (χ0) is 15.6. The second-order valence-electron chi connectivity index (χ2n) is 6.02. The third kappa shape index (κ3) is 3.38. The second-order valence-corrected chi connectivity index (χ2v) is 6.02. The van der Waals surface area contributed by atoms with Crippen molar-refractivity contribution in [2.75, 3.05) is 44.2 Å². The van der Waals surface area contributed by atoms with Crippen molar-refractivity contribution >= 4 is 5.69 Å². The largest absolute Gasteiger partial charge is 0.416 e. The summed E-state index contributed by atoms with van der Waals surface area (Å²) in [6.45, 7) is 5.34. The average molecular weight is 313 g/mol. The number of anilines is 1. The molecule has 3 rings (SSSR count). The maximum absolute atomic E-state index is 13.4. The van der Waals surface area contributed by atoms with Crippen molar-refractivity contribution in [3.8, 4) is 0 Å². The van der Waals surface area contributed by atoms with Crippen LogP contribution in [0.5, 0.6) is 0 Å². The monoisotopic (exact) mass is 313 g/mol. The highest BCUT2D eigenvalue weighted by molar-refractivity contribution is 5.58. The lowest BCUT2D eigenvalue weighted by molar-refractivity contribution is -0.138. The van der Waals surface area contributed by atoms with E-state index in [-0.39, 0.29) is 0 Å². The molecule has 1 N–H and O–H groups in total. The van der Waals surface area contributed by atoms with Crippen molar-refractivity contribution in [3.05, 3.63) is 29.3 Å². The van der Waals surface area contributed by atoms with E-state index < -0.39 is 11.7 Å². The molecule has 2 saturated heterocycles. The molecule has 0 saturated carbocycles. The minimum atomic E-state index is -4.29. The molecule has 0 atom stereocenters. The molecule has 2 aliphatic heterocycles. The van der Waals surface area contributed by atoms with Crippen LogP contribution in [0.2, 0.25) is 0 Å². The van der Waals surface area contributed by atoms with Gasteiger partial charge in [0.15, 0.2) is 0 Å². The topological polar surface area (TPSA) is 18.5 Å². The van der Waals surface area contributed by atoms with E-state index in [2.05, 4.69) is 15.1 Å². The summed E-state index contributed by atoms with van der Waals surface area (Å²) in [6.07, 6.45) is -2.13. The molecule has 122 valence electrons. The highest BCUT2D eigenvalue weighted by Crippen LogP contribution is 2.37. The van der Waals surface area contributed by atoms with Gasteiger partial charge in [0.2, 0.25) is 0 Å². The van der Waals surface area contributed by atoms with Gasteiger partial charge in [0.25, 0.3) is 0 Å². The summed E-state index contributed by atoms with van der Waals surface area (Å²) in [6, 6.07) is 4.59. The number of rotatable bonds is 3. The summed E-state index contributed by atoms with van der Waals surface area (Å²) in [5.74, 6) is 0. The van der Waals surface area contributed by atoms with Gasteiger partial charge in [-0.3, -0.25) is 4.90 Å². The first kappa shape index (κ1) is 15.6. The Hall–Kier alpha value is -1.27. The maximum atomic E-state index is 13.4. The van der Waals surface area contributed by atoms with Gasteiger partial charge < -0.3 is 10.2 Å². The molecule has 1 aromatic carbocycles. The Labute approximate surface area is 129 Å². The Morgan fingerprint density at radius 2 is 1.68 bits per heavy atom. The van der Waals surface area contributed by atoms with Crippen molar-refractivity contribution in [2.45, 2.75) is 25.6 Å². The van der Waals surface area contributed by atoms with Gasteiger partial charge in [-0.2, -0.15) is 13.2 Å². The normalized spacial score (nSPS) is 20.6. The Morgan fingerprint density at radius 1 is 1.00 bits per heavy atom. The van der Waals surface area contributed by atoms with Crippen LogP contribution in [0, 0.1) is 0 Å². The number of nitrogens with zero attached hydrogens (tertiary/aromatic N) is 2. The first-order valence-electron chi connectivity index (χ1n) is 7.93. The molecule has 1 aromatic rings. The summed E-state index contributed by atoms with van der Waals surface area (Å²) >= 11 is 0. The van der Waals surface area contributed by atoms with E-state index in [1.807, 2.05) is 6.07 Å². The number of piperazine rings is 1. The SMILES string of the molecule is FC(F)(F)c1cccc(N2CCNCC2)c1CN1CCCC1. The quantitative estimate of drug-likeness (QED) is 0.926. The minimum absolute atomic E-state index is 0.398. The van der Waals surface area contributed by atoms with Crippen LogP contribution >= 0.6 is 0 Å². The predicted octanol–water partition coefficient (Wildman–Crippen LogP) is 2.71. The number of hydrogen-bond acceptors (Lipinski definition) is 3. The van der Waals surface area contributed by atoms with Gasteiger partial charge in [-0.15, -0.1) is 0 Å². The first-order chi connectivity index (χ1) is 10.6. The summed E-state index contributed by atoms with van der Waals surface area (Å²) in [7, 11) is 0. The lowest BCUT2D eigenvalue weighted by Gasteiger charge is -2.33. The van der Waals surface area contributed by atoms with Gasteiger partial charge in [0, 0.05) is 44.0 Å². The number of alkyl halides is 3. The zero-order valence-electron chi connectivity index (χ0n) is 12.6. The van der Waals surface area contributed by atoms with Crippen molar-refractivity contribution in [1.29, 1.82) is 0 Å². The van der Waals surface area contributed by atoms with Crippen LogP contribution in [0.3, 0.4) is 0 Å². The summed E-state index contributed by atoms with van der Waals surface area (Å²) < 4.78 is 40.3. The fourth-order valence-corrected chi connectivity index (χ4v) is 3.37. The third-order valence-electron chi connectivity index (χ3n) is 4.49. The third-order valence-corrected chi connectivity index (χ3v) is 4.49. The molecule has 0 spiro atoms. The van der Waals surface area contributed by atoms with Crippen LogP contribution in [0.1, 0.15) is 24.0 Å². The van der Waals surface area contributed by atoms with E-state index in [0.29, 0.717) is 12.1 Å². The van der Waals surface area contributed by atoms with Crippen LogP contribution < -0.4 is 10.2 Å². The van der Waals surface area contributed by atoms with Crippen molar-refractivity contribution in [2.24, 2.45) is 0 Å². The summed E-state index contributed by atoms with van der Waals surface area (Å²) in [5, 5.41) is 3.25. The summed E-state index contributed by atoms with van der Waals surface area (Å²) in [5.41, 5.74) is 0.720. The number of benzene rings is 1. The molecule has 0 bridgehead atoms. The van der Waals surface area contributed by atoms with Crippen LogP contribution in [0.25, 0.3) is 0 Å². The molecule has 0 unspecified atom stereocenters. The molecular weight excluding hydrogens is 291 g/mol. The lowest BCUT2D eigenvalue weighted by atomic mass is 10.0. The highest BCUT2D eigenvalue weighted by Gasteiger charge is 2.35. The van der Waals surface area contributed by atoms with Crippen molar-refractivity contribution in [1.82, 2.24) is 10.2 Å². The molecule has 3 nitrogen and oxygen atoms in total. The molecular formula is C16H22F3N3. The Balaban J connectivity index is 1.95. The molecule has 0 aliphatic carbocycles. The van der Waals surface area contributed by atoms with E-state index in [4.69, 9.17) is 0 Å². The smallest absolute Gasteiger partial charge is 0.369 e. The standard InChI is InChI=1S/C16H22F3N3/c17-16(18,19)14-4-3-5-15(22-10-6-20-7-11-22)13(14)12-21-8-1-2-9-21/h3-5,20H,1-2,6-12H2. The second kappa shape index (κ2) is 6.46. The van der Waals surface area contributed by atoms with Gasteiger partial charge in [-0.05, 0) is 38.1 Å². The number of halogens is 3. The number of nitrogens with one attached hydrogen (secondary N) is 1. The lowest BCUT2D eigenvalue weighted by Crippen LogP contribution is -2.44. The van der Waals surface area contributed by atoms with E-state index in [1.165, 1.54) is 12.1 Å². The molecule has 2 aliphatic rings. The van der Waals surface area contributed by atoms with Gasteiger partial charge in [0.05, 0.1) is 5.56 Å². The summed E-state index contributed by atoms with van der Waals surface area (Å²) in [4.78, 5) is 4.22. The maximum Gasteiger partial charge on any atom is 0.416 e. The Morgan fingerprint density at radius 3 is 2.32 bits per heavy atom. The van der Waals surface area contributed by atoms with Crippen LogP contribution in [-0.2, 0) is 12.7 Å².